The summed E-state index contributed by atoms with van der Waals surface area (Å²) in [7, 11) is -2.40. The number of sulfonamides is 1. The van der Waals surface area contributed by atoms with E-state index < -0.39 is 25.6 Å². The highest BCUT2D eigenvalue weighted by molar-refractivity contribution is 7.93. The van der Waals surface area contributed by atoms with Gasteiger partial charge >= 0.3 is 0 Å². The van der Waals surface area contributed by atoms with E-state index in [9.17, 15) is 16.8 Å². The minimum atomic E-state index is -4.20. The van der Waals surface area contributed by atoms with Crippen LogP contribution in [0.5, 0.6) is 23.0 Å². The summed E-state index contributed by atoms with van der Waals surface area (Å²) in [5.74, 6) is 0.703. The molecule has 3 aromatic carbocycles. The quantitative estimate of drug-likeness (QED) is 0.294. The minimum Gasteiger partial charge on any atom is -0.496 e. The van der Waals surface area contributed by atoms with Gasteiger partial charge in [0.2, 0.25) is 0 Å². The molecule has 11 nitrogen and oxygen atoms in total. The lowest BCUT2D eigenvalue weighted by Crippen LogP contribution is -2.16. The first-order chi connectivity index (χ1) is 17.9. The predicted octanol–water partition coefficient (Wildman–Crippen LogP) is 3.27. The molecule has 0 amide bonds. The molecule has 0 saturated heterocycles. The number of sulfone groups is 1. The highest BCUT2D eigenvalue weighted by Gasteiger charge is 2.23. The lowest BCUT2D eigenvalue weighted by molar-refractivity contribution is 0.374. The van der Waals surface area contributed by atoms with Gasteiger partial charge in [-0.15, -0.1) is 0 Å². The third kappa shape index (κ3) is 6.61. The van der Waals surface area contributed by atoms with Crippen molar-refractivity contribution in [2.24, 2.45) is 0 Å². The van der Waals surface area contributed by atoms with Gasteiger partial charge in [-0.3, -0.25) is 4.72 Å². The second-order valence-corrected chi connectivity index (χ2v) is 11.5. The Balaban J connectivity index is 1.93. The fraction of sp³-hybridized carbons (Fsp3) is 0.200. The zero-order chi connectivity index (χ0) is 28.1. The van der Waals surface area contributed by atoms with Crippen molar-refractivity contribution in [1.29, 1.82) is 0 Å². The van der Waals surface area contributed by atoms with E-state index in [1.165, 1.54) is 70.9 Å². The van der Waals surface area contributed by atoms with Crippen molar-refractivity contribution in [1.82, 2.24) is 0 Å². The van der Waals surface area contributed by atoms with E-state index in [4.69, 9.17) is 30.4 Å². The van der Waals surface area contributed by atoms with Gasteiger partial charge in [0, 0.05) is 23.2 Å². The van der Waals surface area contributed by atoms with Crippen molar-refractivity contribution in [3.63, 3.8) is 0 Å². The van der Waals surface area contributed by atoms with Crippen LogP contribution in [0.2, 0.25) is 0 Å². The van der Waals surface area contributed by atoms with Crippen molar-refractivity contribution in [3.8, 4) is 23.0 Å². The van der Waals surface area contributed by atoms with Gasteiger partial charge in [0.15, 0.2) is 9.84 Å². The van der Waals surface area contributed by atoms with Crippen LogP contribution in [0.1, 0.15) is 11.1 Å². The summed E-state index contributed by atoms with van der Waals surface area (Å²) >= 11 is 0. The maximum absolute atomic E-state index is 13.2. The molecule has 0 aliphatic rings. The number of nitrogens with one attached hydrogen (secondary N) is 1. The fourth-order valence-electron chi connectivity index (χ4n) is 3.54. The van der Waals surface area contributed by atoms with Crippen molar-refractivity contribution in [3.05, 3.63) is 65.1 Å². The number of methoxy groups -OCH3 is 4. The van der Waals surface area contributed by atoms with Crippen LogP contribution in [0, 0.1) is 0 Å². The number of hydrogen-bond acceptors (Lipinski definition) is 10. The van der Waals surface area contributed by atoms with Gasteiger partial charge in [0.1, 0.15) is 27.9 Å². The topological polar surface area (TPSA) is 169 Å². The van der Waals surface area contributed by atoms with Crippen LogP contribution < -0.4 is 35.1 Å². The summed E-state index contributed by atoms with van der Waals surface area (Å²) in [5.41, 5.74) is 12.8. The van der Waals surface area contributed by atoms with Crippen molar-refractivity contribution >= 4 is 43.0 Å². The molecule has 38 heavy (non-hydrogen) atoms. The summed E-state index contributed by atoms with van der Waals surface area (Å²) in [4.78, 5) is -0.258. The zero-order valence-electron chi connectivity index (χ0n) is 21.2. The van der Waals surface area contributed by atoms with Gasteiger partial charge in [-0.1, -0.05) is 6.07 Å². The summed E-state index contributed by atoms with van der Waals surface area (Å²) < 4.78 is 75.7. The number of benzene rings is 3. The number of hydrogen-bond donors (Lipinski definition) is 3. The first kappa shape index (κ1) is 28.5. The van der Waals surface area contributed by atoms with E-state index in [-0.39, 0.29) is 27.6 Å². The average molecular weight is 564 g/mol. The smallest absolute Gasteiger partial charge is 0.265 e. The van der Waals surface area contributed by atoms with Crippen molar-refractivity contribution in [2.45, 2.75) is 10.6 Å². The molecule has 0 spiro atoms. The summed E-state index contributed by atoms with van der Waals surface area (Å²) in [5, 5.41) is 1.01. The molecule has 0 aliphatic heterocycles. The van der Waals surface area contributed by atoms with Crippen LogP contribution in [0.25, 0.3) is 6.08 Å². The molecule has 5 N–H and O–H groups in total. The first-order valence-corrected chi connectivity index (χ1v) is 14.2. The number of anilines is 3. The Morgan fingerprint density at radius 2 is 1.42 bits per heavy atom. The van der Waals surface area contributed by atoms with Gasteiger partial charge < -0.3 is 30.4 Å². The number of rotatable bonds is 11. The third-order valence-electron chi connectivity index (χ3n) is 5.40. The summed E-state index contributed by atoms with van der Waals surface area (Å²) in [6, 6.07) is 11.6. The zero-order valence-corrected chi connectivity index (χ0v) is 22.9. The Kier molecular flexibility index (Phi) is 8.63. The van der Waals surface area contributed by atoms with Gasteiger partial charge in [-0.05, 0) is 42.0 Å². The van der Waals surface area contributed by atoms with Crippen LogP contribution in [0.15, 0.2) is 58.8 Å². The lowest BCUT2D eigenvalue weighted by atomic mass is 10.1. The van der Waals surface area contributed by atoms with Crippen LogP contribution in [-0.4, -0.2) is 45.3 Å². The van der Waals surface area contributed by atoms with E-state index >= 15 is 0 Å². The Labute approximate surface area is 221 Å². The molecular formula is C25H29N3O8S2. The van der Waals surface area contributed by atoms with Gasteiger partial charge in [0.25, 0.3) is 10.0 Å². The lowest BCUT2D eigenvalue weighted by Gasteiger charge is -2.14. The number of nitrogens with two attached hydrogens (primary N) is 2. The van der Waals surface area contributed by atoms with Crippen molar-refractivity contribution < 1.29 is 35.8 Å². The average Bonchev–Trinajstić information content (AvgIpc) is 2.88. The molecule has 0 aliphatic carbocycles. The Morgan fingerprint density at radius 3 is 1.97 bits per heavy atom. The van der Waals surface area contributed by atoms with Crippen LogP contribution >= 0.6 is 0 Å². The second-order valence-electron chi connectivity index (χ2n) is 7.99. The molecule has 0 atom stereocenters. The monoisotopic (exact) mass is 563 g/mol. The van der Waals surface area contributed by atoms with Crippen LogP contribution in [0.3, 0.4) is 0 Å². The standard InChI is InChI=1S/C25H29N3O8S2/c1-33-18-13-23(35-3)19(24(14-18)36-4)9-10-37(29,30)15-16-5-8-22(34-2)25(11-16)38(31,32)28-21-7-6-17(26)12-20(21)27/h5-14,28H,15,26-27H2,1-4H3/b10-9+. The van der Waals surface area contributed by atoms with Gasteiger partial charge in [-0.2, -0.15) is 0 Å². The largest absolute Gasteiger partial charge is 0.496 e. The molecule has 0 radical (unpaired) electrons. The first-order valence-electron chi connectivity index (χ1n) is 11.0. The molecule has 13 heteroatoms. The van der Waals surface area contributed by atoms with E-state index in [0.717, 1.165) is 5.41 Å². The van der Waals surface area contributed by atoms with Crippen LogP contribution in [-0.2, 0) is 25.6 Å². The molecule has 0 aromatic heterocycles. The SMILES string of the molecule is COc1cc(OC)c(/C=C/S(=O)(=O)Cc2ccc(OC)c(S(=O)(=O)Nc3ccc(N)cc3N)c2)c(OC)c1. The molecule has 0 bridgehead atoms. The normalized spacial score (nSPS) is 11.8. The maximum Gasteiger partial charge on any atom is 0.265 e. The Hall–Kier alpha value is -4.10. The molecule has 0 heterocycles. The second kappa shape index (κ2) is 11.5. The Morgan fingerprint density at radius 1 is 0.789 bits per heavy atom. The van der Waals surface area contributed by atoms with E-state index in [0.29, 0.717) is 28.5 Å². The molecule has 204 valence electrons. The fourth-order valence-corrected chi connectivity index (χ4v) is 5.94. The van der Waals surface area contributed by atoms with Gasteiger partial charge in [0.05, 0.1) is 51.1 Å². The van der Waals surface area contributed by atoms with Gasteiger partial charge in [-0.25, -0.2) is 16.8 Å². The Bertz CT molecular complexity index is 1540. The molecular weight excluding hydrogens is 534 g/mol. The number of ether oxygens (including phenoxy) is 4. The highest BCUT2D eigenvalue weighted by Crippen LogP contribution is 2.35. The minimum absolute atomic E-state index is 0.0240. The molecule has 0 saturated carbocycles. The molecule has 3 aromatic rings. The predicted molar refractivity (Wildman–Crippen MR) is 147 cm³/mol. The van der Waals surface area contributed by atoms with Crippen molar-refractivity contribution in [2.75, 3.05) is 44.6 Å². The molecule has 0 unspecified atom stereocenters. The van der Waals surface area contributed by atoms with E-state index in [1.54, 1.807) is 12.1 Å². The van der Waals surface area contributed by atoms with Crippen LogP contribution in [0.4, 0.5) is 17.1 Å². The van der Waals surface area contributed by atoms with E-state index in [2.05, 4.69) is 4.72 Å². The third-order valence-corrected chi connectivity index (χ3v) is 8.07. The molecule has 3 rings (SSSR count). The number of nitrogen functional groups attached to an aromatic ring is 2. The summed E-state index contributed by atoms with van der Waals surface area (Å²) in [6.07, 6.45) is 1.35. The van der Waals surface area contributed by atoms with E-state index in [1.807, 2.05) is 0 Å². The summed E-state index contributed by atoms with van der Waals surface area (Å²) in [6.45, 7) is 0. The maximum atomic E-state index is 13.2. The molecule has 0 fully saturated rings. The highest BCUT2D eigenvalue weighted by atomic mass is 32.2.